The highest BCUT2D eigenvalue weighted by Gasteiger charge is 2.71. The molecule has 0 radical (unpaired) electrons. The van der Waals surface area contributed by atoms with Gasteiger partial charge in [0.15, 0.2) is 0 Å². The standard InChI is InChI=1S/C21H21F6N5/c22-20(23,24)14-4-2-1-3-12(14)13-5-6-15(21(25,26)27)32-17(13)29-18(30-32)31-16-11-7-8-19(16,31)10-28-9-11/h1-4,11,13,15-16,28H,5-10H2/t11-,13?,15?,16-,19-,31?/m0/s1. The first-order valence-electron chi connectivity index (χ1n) is 10.8. The first-order chi connectivity index (χ1) is 15.1. The van der Waals surface area contributed by atoms with Gasteiger partial charge in [-0.1, -0.05) is 18.2 Å². The average molecular weight is 457 g/mol. The summed E-state index contributed by atoms with van der Waals surface area (Å²) in [6.45, 7) is 1.57. The van der Waals surface area contributed by atoms with E-state index in [0.717, 1.165) is 36.7 Å². The summed E-state index contributed by atoms with van der Waals surface area (Å²) in [6.07, 6.45) is -7.61. The highest BCUT2D eigenvalue weighted by atomic mass is 19.4. The third-order valence-electron chi connectivity index (χ3n) is 7.69. The summed E-state index contributed by atoms with van der Waals surface area (Å²) in [6, 6.07) is 3.37. The smallest absolute Gasteiger partial charge is 0.325 e. The average Bonchev–Trinajstić information content (AvgIpc) is 3.12. The molecule has 1 N–H and O–H groups in total. The van der Waals surface area contributed by atoms with Gasteiger partial charge in [-0.05, 0) is 43.2 Å². The lowest BCUT2D eigenvalue weighted by atomic mass is 9.85. The van der Waals surface area contributed by atoms with E-state index in [1.807, 2.05) is 4.90 Å². The summed E-state index contributed by atoms with van der Waals surface area (Å²) in [7, 11) is 0. The minimum Gasteiger partial charge on any atom is -0.325 e. The highest BCUT2D eigenvalue weighted by Crippen LogP contribution is 2.59. The lowest BCUT2D eigenvalue weighted by molar-refractivity contribution is -0.175. The maximum absolute atomic E-state index is 13.8. The highest BCUT2D eigenvalue weighted by molar-refractivity contribution is 5.57. The molecule has 4 aliphatic rings. The number of alkyl halides is 6. The third kappa shape index (κ3) is 2.75. The van der Waals surface area contributed by atoms with Crippen molar-refractivity contribution in [3.63, 3.8) is 0 Å². The summed E-state index contributed by atoms with van der Waals surface area (Å²) < 4.78 is 83.2. The van der Waals surface area contributed by atoms with Crippen molar-refractivity contribution in [3.8, 4) is 0 Å². The summed E-state index contributed by atoms with van der Waals surface area (Å²) in [5, 5.41) is 7.64. The van der Waals surface area contributed by atoms with E-state index in [9.17, 15) is 26.3 Å². The summed E-state index contributed by atoms with van der Waals surface area (Å²) in [5.74, 6) is -0.329. The lowest BCUT2D eigenvalue weighted by Gasteiger charge is -2.31. The molecule has 5 nitrogen and oxygen atoms in total. The van der Waals surface area contributed by atoms with E-state index in [4.69, 9.17) is 0 Å². The second-order valence-corrected chi connectivity index (χ2v) is 9.33. The van der Waals surface area contributed by atoms with E-state index in [-0.39, 0.29) is 41.8 Å². The summed E-state index contributed by atoms with van der Waals surface area (Å²) in [4.78, 5) is 6.47. The van der Waals surface area contributed by atoms with Crippen LogP contribution in [0.25, 0.3) is 0 Å². The second-order valence-electron chi connectivity index (χ2n) is 9.33. The molecule has 6 rings (SSSR count). The van der Waals surface area contributed by atoms with Crippen molar-refractivity contribution in [2.24, 2.45) is 5.92 Å². The topological polar surface area (TPSA) is 45.8 Å². The Labute approximate surface area is 179 Å². The van der Waals surface area contributed by atoms with Crippen LogP contribution in [0, 0.1) is 5.92 Å². The predicted octanol–water partition coefficient (Wildman–Crippen LogP) is 4.27. The Morgan fingerprint density at radius 2 is 1.81 bits per heavy atom. The van der Waals surface area contributed by atoms with Crippen LogP contribution in [0.5, 0.6) is 0 Å². The molecule has 11 heteroatoms. The van der Waals surface area contributed by atoms with Gasteiger partial charge >= 0.3 is 12.4 Å². The van der Waals surface area contributed by atoms with Crippen molar-refractivity contribution in [3.05, 3.63) is 41.2 Å². The van der Waals surface area contributed by atoms with Crippen molar-refractivity contribution in [1.29, 1.82) is 0 Å². The molecule has 1 aromatic heterocycles. The minimum absolute atomic E-state index is 0.0332. The van der Waals surface area contributed by atoms with Gasteiger partial charge in [-0.2, -0.15) is 31.3 Å². The van der Waals surface area contributed by atoms with E-state index >= 15 is 0 Å². The van der Waals surface area contributed by atoms with Gasteiger partial charge in [0.05, 0.1) is 17.1 Å². The number of nitrogens with one attached hydrogen (secondary N) is 1. The fraction of sp³-hybridized carbons (Fsp3) is 0.619. The van der Waals surface area contributed by atoms with Gasteiger partial charge in [-0.25, -0.2) is 4.68 Å². The first kappa shape index (κ1) is 20.3. The minimum atomic E-state index is -4.61. The maximum atomic E-state index is 13.8. The molecule has 0 amide bonds. The predicted molar refractivity (Wildman–Crippen MR) is 102 cm³/mol. The van der Waals surface area contributed by atoms with Crippen molar-refractivity contribution < 1.29 is 26.3 Å². The number of hydrogen-bond acceptors (Lipinski definition) is 4. The monoisotopic (exact) mass is 457 g/mol. The molecule has 2 saturated heterocycles. The van der Waals surface area contributed by atoms with Crippen molar-refractivity contribution in [2.45, 2.75) is 61.6 Å². The molecule has 1 aromatic carbocycles. The maximum Gasteiger partial charge on any atom is 0.416 e. The quantitative estimate of drug-likeness (QED) is 0.541. The van der Waals surface area contributed by atoms with Crippen molar-refractivity contribution in [1.82, 2.24) is 20.1 Å². The molecular formula is C21H21F6N5. The van der Waals surface area contributed by atoms with Gasteiger partial charge in [0.1, 0.15) is 11.9 Å². The zero-order valence-electron chi connectivity index (χ0n) is 16.9. The Kier molecular flexibility index (Phi) is 4.06. The van der Waals surface area contributed by atoms with Crippen LogP contribution in [0.3, 0.4) is 0 Å². The van der Waals surface area contributed by atoms with Gasteiger partial charge in [0.2, 0.25) is 5.95 Å². The van der Waals surface area contributed by atoms with Gasteiger partial charge < -0.3 is 10.2 Å². The Morgan fingerprint density at radius 3 is 2.53 bits per heavy atom. The van der Waals surface area contributed by atoms with E-state index in [1.54, 1.807) is 0 Å². The van der Waals surface area contributed by atoms with Crippen LogP contribution in [-0.4, -0.2) is 45.6 Å². The van der Waals surface area contributed by atoms with Crippen LogP contribution in [0.1, 0.15) is 54.6 Å². The molecule has 0 spiro atoms. The molecule has 172 valence electrons. The largest absolute Gasteiger partial charge is 0.416 e. The summed E-state index contributed by atoms with van der Waals surface area (Å²) in [5.41, 5.74) is -1.06. The zero-order valence-corrected chi connectivity index (χ0v) is 16.9. The SMILES string of the molecule is FC(F)(F)c1ccccc1C1CCC(C(F)(F)F)n2nc(N3[C@H]4[C@H]5CC[C@]43CNC5)nc21. The number of aromatic nitrogens is 3. The normalized spacial score (nSPS) is 33.8. The second kappa shape index (κ2) is 6.39. The fourth-order valence-corrected chi connectivity index (χ4v) is 6.32. The van der Waals surface area contributed by atoms with Crippen LogP contribution >= 0.6 is 0 Å². The Bertz CT molecular complexity index is 1060. The van der Waals surface area contributed by atoms with E-state index in [1.165, 1.54) is 18.2 Å². The third-order valence-corrected chi connectivity index (χ3v) is 7.69. The number of nitrogens with zero attached hydrogens (tertiary/aromatic N) is 4. The number of hydrogen-bond donors (Lipinski definition) is 1. The summed E-state index contributed by atoms with van der Waals surface area (Å²) >= 11 is 0. The molecule has 1 saturated carbocycles. The van der Waals surface area contributed by atoms with Crippen LogP contribution in [-0.2, 0) is 6.18 Å². The molecule has 2 unspecified atom stereocenters. The Hall–Kier alpha value is -2.30. The Morgan fingerprint density at radius 1 is 1.03 bits per heavy atom. The fourth-order valence-electron chi connectivity index (χ4n) is 6.32. The first-order valence-corrected chi connectivity index (χ1v) is 10.8. The molecule has 2 bridgehead atoms. The molecule has 4 heterocycles. The molecule has 5 atom stereocenters. The van der Waals surface area contributed by atoms with Crippen LogP contribution in [0.2, 0.25) is 0 Å². The van der Waals surface area contributed by atoms with Crippen LogP contribution < -0.4 is 10.2 Å². The number of piperidine rings is 2. The van der Waals surface area contributed by atoms with Gasteiger partial charge in [0, 0.05) is 19.0 Å². The van der Waals surface area contributed by atoms with Crippen molar-refractivity contribution in [2.75, 3.05) is 18.0 Å². The lowest BCUT2D eigenvalue weighted by Crippen LogP contribution is -2.37. The number of anilines is 1. The van der Waals surface area contributed by atoms with Crippen LogP contribution in [0.4, 0.5) is 32.3 Å². The van der Waals surface area contributed by atoms with E-state index < -0.39 is 29.9 Å². The molecule has 2 aromatic rings. The Balaban J connectivity index is 1.45. The molecular weight excluding hydrogens is 436 g/mol. The zero-order chi connectivity index (χ0) is 22.5. The number of fused-ring (bicyclic) bond motifs is 1. The van der Waals surface area contributed by atoms with Gasteiger partial charge in [0.25, 0.3) is 0 Å². The number of benzene rings is 1. The molecule has 3 aliphatic heterocycles. The molecule has 32 heavy (non-hydrogen) atoms. The van der Waals surface area contributed by atoms with Gasteiger partial charge in [-0.3, -0.25) is 0 Å². The molecule has 3 fully saturated rings. The van der Waals surface area contributed by atoms with E-state index in [2.05, 4.69) is 15.4 Å². The van der Waals surface area contributed by atoms with Crippen molar-refractivity contribution >= 4 is 5.95 Å². The van der Waals surface area contributed by atoms with Gasteiger partial charge in [-0.15, -0.1) is 5.10 Å². The number of rotatable bonds is 2. The molecule has 1 aliphatic carbocycles. The number of halogens is 6. The van der Waals surface area contributed by atoms with E-state index in [0.29, 0.717) is 5.92 Å². The van der Waals surface area contributed by atoms with Crippen LogP contribution in [0.15, 0.2) is 24.3 Å².